The fourth-order valence-corrected chi connectivity index (χ4v) is 1.11. The molecule has 0 fully saturated rings. The second-order valence-corrected chi connectivity index (χ2v) is 2.88. The Labute approximate surface area is 78.7 Å². The van der Waals surface area contributed by atoms with Crippen molar-refractivity contribution >= 4 is 0 Å². The molecule has 3 N–H and O–H groups in total. The van der Waals surface area contributed by atoms with Crippen LogP contribution in [0, 0.1) is 0 Å². The van der Waals surface area contributed by atoms with E-state index >= 15 is 0 Å². The second kappa shape index (κ2) is 5.38. The van der Waals surface area contributed by atoms with Gasteiger partial charge in [-0.1, -0.05) is 30.4 Å². The third kappa shape index (κ3) is 3.30. The predicted molar refractivity (Wildman–Crippen MR) is 54.6 cm³/mol. The van der Waals surface area contributed by atoms with Gasteiger partial charge in [0, 0.05) is 0 Å². The average molecular weight is 177 g/mol. The van der Waals surface area contributed by atoms with Gasteiger partial charge in [0.2, 0.25) is 0 Å². The Morgan fingerprint density at radius 1 is 1.23 bits per heavy atom. The third-order valence-electron chi connectivity index (χ3n) is 1.83. The number of phenolic OH excluding ortho intramolecular Hbond substituents is 1. The summed E-state index contributed by atoms with van der Waals surface area (Å²) in [6, 6.07) is 7.36. The molecule has 0 spiro atoms. The number of nitrogens with two attached hydrogens (primary N) is 1. The van der Waals surface area contributed by atoms with Gasteiger partial charge in [0.05, 0.1) is 0 Å². The maximum atomic E-state index is 9.41. The van der Waals surface area contributed by atoms with Crippen LogP contribution >= 0.6 is 0 Å². The molecule has 1 rings (SSSR count). The molecule has 0 amide bonds. The van der Waals surface area contributed by atoms with E-state index in [2.05, 4.69) is 0 Å². The van der Waals surface area contributed by atoms with E-state index in [1.54, 1.807) is 6.07 Å². The van der Waals surface area contributed by atoms with Crippen LogP contribution in [0.25, 0.3) is 0 Å². The Morgan fingerprint density at radius 3 is 2.69 bits per heavy atom. The zero-order valence-corrected chi connectivity index (χ0v) is 7.61. The Kier molecular flexibility index (Phi) is 4.06. The predicted octanol–water partition coefficient (Wildman–Crippen LogP) is 1.84. The summed E-state index contributed by atoms with van der Waals surface area (Å²) in [6.07, 6.45) is 5.73. The molecule has 0 aliphatic rings. The minimum absolute atomic E-state index is 0.361. The molecule has 0 saturated carbocycles. The molecule has 0 unspecified atom stereocenters. The van der Waals surface area contributed by atoms with Crippen molar-refractivity contribution in [2.24, 2.45) is 5.73 Å². The number of para-hydroxylation sites is 1. The Hall–Kier alpha value is -1.28. The van der Waals surface area contributed by atoms with Gasteiger partial charge in [0.15, 0.2) is 0 Å². The number of benzene rings is 1. The number of aromatic hydroxyl groups is 1. The second-order valence-electron chi connectivity index (χ2n) is 2.88. The van der Waals surface area contributed by atoms with E-state index < -0.39 is 0 Å². The molecule has 0 aliphatic carbocycles. The molecule has 1 aromatic rings. The molecule has 0 atom stereocenters. The third-order valence-corrected chi connectivity index (χ3v) is 1.83. The number of hydrogen-bond donors (Lipinski definition) is 2. The SMILES string of the molecule is NCC/C=C\Cc1ccccc1O. The lowest BCUT2D eigenvalue weighted by Crippen LogP contribution is -1.95. The molecular weight excluding hydrogens is 162 g/mol. The molecule has 13 heavy (non-hydrogen) atoms. The smallest absolute Gasteiger partial charge is 0.119 e. The van der Waals surface area contributed by atoms with Gasteiger partial charge in [-0.25, -0.2) is 0 Å². The first-order chi connectivity index (χ1) is 6.34. The Balaban J connectivity index is 2.49. The van der Waals surface area contributed by atoms with Crippen molar-refractivity contribution in [2.75, 3.05) is 6.54 Å². The lowest BCUT2D eigenvalue weighted by Gasteiger charge is -1.99. The first-order valence-electron chi connectivity index (χ1n) is 4.46. The zero-order valence-electron chi connectivity index (χ0n) is 7.61. The molecule has 0 radical (unpaired) electrons. The molecule has 0 heterocycles. The van der Waals surface area contributed by atoms with Gasteiger partial charge >= 0.3 is 0 Å². The van der Waals surface area contributed by atoms with Gasteiger partial charge in [-0.2, -0.15) is 0 Å². The van der Waals surface area contributed by atoms with Gasteiger partial charge in [0.1, 0.15) is 5.75 Å². The molecule has 0 aliphatic heterocycles. The van der Waals surface area contributed by atoms with Crippen LogP contribution in [0.1, 0.15) is 12.0 Å². The summed E-state index contributed by atoms with van der Waals surface area (Å²) in [4.78, 5) is 0. The highest BCUT2D eigenvalue weighted by atomic mass is 16.3. The van der Waals surface area contributed by atoms with Crippen LogP contribution in [0.3, 0.4) is 0 Å². The molecule has 2 heteroatoms. The maximum absolute atomic E-state index is 9.41. The Morgan fingerprint density at radius 2 is 2.00 bits per heavy atom. The zero-order chi connectivity index (χ0) is 9.52. The molecule has 1 aromatic carbocycles. The standard InChI is InChI=1S/C11H15NO/c12-9-5-1-2-6-10-7-3-4-8-11(10)13/h1-4,7-8,13H,5-6,9,12H2/b2-1-. The van der Waals surface area contributed by atoms with Crippen molar-refractivity contribution in [2.45, 2.75) is 12.8 Å². The number of rotatable bonds is 4. The summed E-state index contributed by atoms with van der Waals surface area (Å²) in [7, 11) is 0. The van der Waals surface area contributed by atoms with Crippen molar-refractivity contribution in [3.63, 3.8) is 0 Å². The molecule has 2 nitrogen and oxygen atoms in total. The summed E-state index contributed by atoms with van der Waals surface area (Å²) < 4.78 is 0. The van der Waals surface area contributed by atoms with Crippen LogP contribution in [-0.2, 0) is 6.42 Å². The molecule has 0 aromatic heterocycles. The number of allylic oxidation sites excluding steroid dienone is 1. The van der Waals surface area contributed by atoms with E-state index in [1.165, 1.54) is 0 Å². The van der Waals surface area contributed by atoms with Crippen molar-refractivity contribution < 1.29 is 5.11 Å². The van der Waals surface area contributed by atoms with Gasteiger partial charge < -0.3 is 10.8 Å². The van der Waals surface area contributed by atoms with E-state index in [9.17, 15) is 5.11 Å². The molecular formula is C11H15NO. The monoisotopic (exact) mass is 177 g/mol. The molecule has 0 bridgehead atoms. The van der Waals surface area contributed by atoms with Crippen LogP contribution in [0.5, 0.6) is 5.75 Å². The minimum atomic E-state index is 0.361. The van der Waals surface area contributed by atoms with Gasteiger partial charge in [-0.05, 0) is 31.0 Å². The summed E-state index contributed by atoms with van der Waals surface area (Å²) in [5.74, 6) is 0.361. The van der Waals surface area contributed by atoms with Crippen LogP contribution in [0.15, 0.2) is 36.4 Å². The van der Waals surface area contributed by atoms with Crippen molar-refractivity contribution in [1.29, 1.82) is 0 Å². The van der Waals surface area contributed by atoms with Gasteiger partial charge in [0.25, 0.3) is 0 Å². The highest BCUT2D eigenvalue weighted by molar-refractivity contribution is 5.33. The van der Waals surface area contributed by atoms with Crippen LogP contribution in [0.4, 0.5) is 0 Å². The van der Waals surface area contributed by atoms with Gasteiger partial charge in [-0.3, -0.25) is 0 Å². The maximum Gasteiger partial charge on any atom is 0.119 e. The average Bonchev–Trinajstić information content (AvgIpc) is 2.15. The van der Waals surface area contributed by atoms with Crippen LogP contribution < -0.4 is 5.73 Å². The number of hydrogen-bond acceptors (Lipinski definition) is 2. The summed E-state index contributed by atoms with van der Waals surface area (Å²) in [5.41, 5.74) is 6.29. The molecule has 0 saturated heterocycles. The highest BCUT2D eigenvalue weighted by Crippen LogP contribution is 2.16. The summed E-state index contributed by atoms with van der Waals surface area (Å²) in [5, 5.41) is 9.41. The summed E-state index contributed by atoms with van der Waals surface area (Å²) in [6.45, 7) is 0.678. The van der Waals surface area contributed by atoms with Crippen molar-refractivity contribution in [3.8, 4) is 5.75 Å². The minimum Gasteiger partial charge on any atom is -0.508 e. The van der Waals surface area contributed by atoms with E-state index in [4.69, 9.17) is 5.73 Å². The first kappa shape index (κ1) is 9.81. The Bertz CT molecular complexity index is 281. The normalized spacial score (nSPS) is 10.8. The molecule has 70 valence electrons. The van der Waals surface area contributed by atoms with E-state index in [-0.39, 0.29) is 0 Å². The fourth-order valence-electron chi connectivity index (χ4n) is 1.11. The lowest BCUT2D eigenvalue weighted by molar-refractivity contribution is 0.469. The van der Waals surface area contributed by atoms with Crippen LogP contribution in [0.2, 0.25) is 0 Å². The van der Waals surface area contributed by atoms with Crippen molar-refractivity contribution in [1.82, 2.24) is 0 Å². The first-order valence-corrected chi connectivity index (χ1v) is 4.46. The highest BCUT2D eigenvalue weighted by Gasteiger charge is 1.94. The van der Waals surface area contributed by atoms with Crippen LogP contribution in [-0.4, -0.2) is 11.7 Å². The van der Waals surface area contributed by atoms with E-state index in [0.717, 1.165) is 18.4 Å². The van der Waals surface area contributed by atoms with E-state index in [0.29, 0.717) is 12.3 Å². The van der Waals surface area contributed by atoms with E-state index in [1.807, 2.05) is 30.4 Å². The number of phenols is 1. The van der Waals surface area contributed by atoms with Gasteiger partial charge in [-0.15, -0.1) is 0 Å². The fraction of sp³-hybridized carbons (Fsp3) is 0.273. The quantitative estimate of drug-likeness (QED) is 0.689. The largest absolute Gasteiger partial charge is 0.508 e. The summed E-state index contributed by atoms with van der Waals surface area (Å²) >= 11 is 0. The van der Waals surface area contributed by atoms with Crippen molar-refractivity contribution in [3.05, 3.63) is 42.0 Å². The topological polar surface area (TPSA) is 46.2 Å². The lowest BCUT2D eigenvalue weighted by atomic mass is 10.1.